The average Bonchev–Trinajstić information content (AvgIpc) is 2.94. The third kappa shape index (κ3) is 7.74. The van der Waals surface area contributed by atoms with Crippen LogP contribution in [0.15, 0.2) is 103 Å². The summed E-state index contributed by atoms with van der Waals surface area (Å²) in [6.07, 6.45) is -1.55. The molecule has 1 aliphatic rings. The van der Waals surface area contributed by atoms with E-state index >= 15 is 0 Å². The van der Waals surface area contributed by atoms with Crippen molar-refractivity contribution in [3.63, 3.8) is 0 Å². The summed E-state index contributed by atoms with van der Waals surface area (Å²) in [4.78, 5) is 11.6. The molecule has 0 radical (unpaired) electrons. The third-order valence-electron chi connectivity index (χ3n) is 5.84. The van der Waals surface area contributed by atoms with E-state index in [0.29, 0.717) is 19.8 Å². The van der Waals surface area contributed by atoms with Gasteiger partial charge in [0.25, 0.3) is 0 Å². The molecule has 3 aromatic rings. The Hall–Kier alpha value is -3.49. The lowest BCUT2D eigenvalue weighted by Crippen LogP contribution is -2.55. The van der Waals surface area contributed by atoms with Crippen LogP contribution in [0.1, 0.15) is 23.6 Å². The number of carbonyl (C=O) groups is 1. The summed E-state index contributed by atoms with van der Waals surface area (Å²) < 4.78 is 36.1. The van der Waals surface area contributed by atoms with Crippen molar-refractivity contribution in [3.05, 3.63) is 120 Å². The predicted molar refractivity (Wildman–Crippen MR) is 137 cm³/mol. The molecule has 0 bridgehead atoms. The summed E-state index contributed by atoms with van der Waals surface area (Å²) in [5.41, 5.74) is 2.98. The molecule has 4 rings (SSSR count). The van der Waals surface area contributed by atoms with Crippen LogP contribution < -0.4 is 0 Å². The fourth-order valence-corrected chi connectivity index (χ4v) is 4.00. The zero-order valence-corrected chi connectivity index (χ0v) is 21.0. The maximum atomic E-state index is 11.6. The molecule has 1 saturated heterocycles. The van der Waals surface area contributed by atoms with Crippen LogP contribution in [0, 0.1) is 0 Å². The SMILES string of the molecule is CO[C@H]1O/C(=C/OC(C)=O)[C@@H](OCc2ccccc2)[C@H](OCc2ccccc2)[C@@H]1OCc1ccccc1. The zero-order valence-electron chi connectivity index (χ0n) is 21.0. The second-order valence-corrected chi connectivity index (χ2v) is 8.59. The lowest BCUT2D eigenvalue weighted by atomic mass is 10.0. The van der Waals surface area contributed by atoms with Crippen molar-refractivity contribution < 1.29 is 33.2 Å². The molecule has 0 unspecified atom stereocenters. The smallest absolute Gasteiger partial charge is 0.307 e. The van der Waals surface area contributed by atoms with Crippen LogP contribution in [0.3, 0.4) is 0 Å². The lowest BCUT2D eigenvalue weighted by Gasteiger charge is -2.42. The second kappa shape index (κ2) is 13.7. The van der Waals surface area contributed by atoms with Gasteiger partial charge in [0.05, 0.1) is 19.8 Å². The maximum Gasteiger partial charge on any atom is 0.307 e. The van der Waals surface area contributed by atoms with E-state index in [-0.39, 0.29) is 5.76 Å². The van der Waals surface area contributed by atoms with Gasteiger partial charge in [-0.05, 0) is 16.7 Å². The minimum atomic E-state index is -0.817. The first-order chi connectivity index (χ1) is 18.1. The van der Waals surface area contributed by atoms with Crippen LogP contribution in [0.5, 0.6) is 0 Å². The number of ether oxygens (including phenoxy) is 6. The topological polar surface area (TPSA) is 72.5 Å². The number of hydrogen-bond donors (Lipinski definition) is 0. The van der Waals surface area contributed by atoms with E-state index in [1.54, 1.807) is 0 Å². The Morgan fingerprint density at radius 1 is 0.730 bits per heavy atom. The summed E-state index contributed by atoms with van der Waals surface area (Å²) in [5.74, 6) is -0.188. The molecule has 0 amide bonds. The van der Waals surface area contributed by atoms with Crippen molar-refractivity contribution in [2.75, 3.05) is 7.11 Å². The molecule has 1 heterocycles. The van der Waals surface area contributed by atoms with Gasteiger partial charge in [0.2, 0.25) is 6.29 Å². The second-order valence-electron chi connectivity index (χ2n) is 8.59. The van der Waals surface area contributed by atoms with Crippen molar-refractivity contribution in [1.82, 2.24) is 0 Å². The highest BCUT2D eigenvalue weighted by Gasteiger charge is 2.47. The summed E-state index contributed by atoms with van der Waals surface area (Å²) >= 11 is 0. The van der Waals surface area contributed by atoms with Crippen molar-refractivity contribution in [3.8, 4) is 0 Å². The quantitative estimate of drug-likeness (QED) is 0.264. The molecule has 7 nitrogen and oxygen atoms in total. The van der Waals surface area contributed by atoms with Gasteiger partial charge in [0, 0.05) is 14.0 Å². The molecule has 0 spiro atoms. The number of rotatable bonds is 11. The monoisotopic (exact) mass is 504 g/mol. The van der Waals surface area contributed by atoms with E-state index in [1.807, 2.05) is 91.0 Å². The van der Waals surface area contributed by atoms with Crippen LogP contribution in [0.25, 0.3) is 0 Å². The molecule has 0 N–H and O–H groups in total. The Morgan fingerprint density at radius 3 is 1.65 bits per heavy atom. The van der Waals surface area contributed by atoms with E-state index in [4.69, 9.17) is 28.4 Å². The molecular weight excluding hydrogens is 472 g/mol. The molecule has 1 fully saturated rings. The highest BCUT2D eigenvalue weighted by atomic mass is 16.7. The third-order valence-corrected chi connectivity index (χ3v) is 5.84. The highest BCUT2D eigenvalue weighted by molar-refractivity contribution is 5.66. The van der Waals surface area contributed by atoms with Crippen molar-refractivity contribution in [2.45, 2.75) is 51.3 Å². The number of methoxy groups -OCH3 is 1. The van der Waals surface area contributed by atoms with Gasteiger partial charge < -0.3 is 28.4 Å². The summed E-state index contributed by atoms with van der Waals surface area (Å²) in [6, 6.07) is 29.5. The molecule has 3 aromatic carbocycles. The van der Waals surface area contributed by atoms with Gasteiger partial charge in [-0.2, -0.15) is 0 Å². The fourth-order valence-electron chi connectivity index (χ4n) is 4.00. The van der Waals surface area contributed by atoms with E-state index in [0.717, 1.165) is 16.7 Å². The summed E-state index contributed by atoms with van der Waals surface area (Å²) in [5, 5.41) is 0. The fraction of sp³-hybridized carbons (Fsp3) is 0.300. The largest absolute Gasteiger partial charge is 0.460 e. The molecule has 0 saturated carbocycles. The number of carbonyl (C=O) groups excluding carboxylic acids is 1. The number of esters is 1. The molecule has 0 aromatic heterocycles. The van der Waals surface area contributed by atoms with Crippen LogP contribution in [-0.2, 0) is 53.0 Å². The van der Waals surface area contributed by atoms with Crippen molar-refractivity contribution in [2.24, 2.45) is 0 Å². The van der Waals surface area contributed by atoms with Gasteiger partial charge in [0.15, 0.2) is 5.76 Å². The molecule has 4 atom stereocenters. The predicted octanol–water partition coefficient (Wildman–Crippen LogP) is 5.15. The van der Waals surface area contributed by atoms with Gasteiger partial charge in [0.1, 0.15) is 24.6 Å². The Labute approximate surface area is 217 Å². The summed E-state index contributed by atoms with van der Waals surface area (Å²) in [6.45, 7) is 2.26. The van der Waals surface area contributed by atoms with Gasteiger partial charge in [-0.25, -0.2) is 0 Å². The van der Waals surface area contributed by atoms with Crippen molar-refractivity contribution >= 4 is 5.97 Å². The molecule has 194 valence electrons. The standard InChI is InChI=1S/C30H32O7/c1-22(31)33-21-26-27(34-18-23-12-6-3-7-13-23)28(35-19-24-14-8-4-9-15-24)29(30(32-2)37-26)36-20-25-16-10-5-11-17-25/h3-17,21,27-30H,18-20H2,1-2H3/b26-21+/t27-,28+,29+,30+/m1/s1. The lowest BCUT2D eigenvalue weighted by molar-refractivity contribution is -0.271. The van der Waals surface area contributed by atoms with Crippen LogP contribution in [0.2, 0.25) is 0 Å². The summed E-state index contributed by atoms with van der Waals surface area (Å²) in [7, 11) is 1.53. The molecule has 1 aliphatic heterocycles. The van der Waals surface area contributed by atoms with E-state index < -0.39 is 30.6 Å². The van der Waals surface area contributed by atoms with Crippen LogP contribution >= 0.6 is 0 Å². The van der Waals surface area contributed by atoms with E-state index in [9.17, 15) is 4.79 Å². The molecule has 7 heteroatoms. The van der Waals surface area contributed by atoms with Crippen LogP contribution in [0.4, 0.5) is 0 Å². The van der Waals surface area contributed by atoms with E-state index in [2.05, 4.69) is 0 Å². The Balaban J connectivity index is 1.63. The first-order valence-corrected chi connectivity index (χ1v) is 12.2. The van der Waals surface area contributed by atoms with Gasteiger partial charge in [-0.3, -0.25) is 4.79 Å². The van der Waals surface area contributed by atoms with Crippen molar-refractivity contribution in [1.29, 1.82) is 0 Å². The van der Waals surface area contributed by atoms with Gasteiger partial charge in [-0.15, -0.1) is 0 Å². The van der Waals surface area contributed by atoms with Gasteiger partial charge in [-0.1, -0.05) is 91.0 Å². The minimum Gasteiger partial charge on any atom is -0.460 e. The Kier molecular flexibility index (Phi) is 9.85. The average molecular weight is 505 g/mol. The van der Waals surface area contributed by atoms with E-state index in [1.165, 1.54) is 20.3 Å². The van der Waals surface area contributed by atoms with Crippen LogP contribution in [-0.4, -0.2) is 37.7 Å². The number of benzene rings is 3. The minimum absolute atomic E-state index is 0.288. The number of hydrogen-bond acceptors (Lipinski definition) is 7. The molecule has 37 heavy (non-hydrogen) atoms. The normalized spacial score (nSPS) is 22.4. The Bertz CT molecular complexity index is 1120. The molecule has 0 aliphatic carbocycles. The zero-order chi connectivity index (χ0) is 25.9. The highest BCUT2D eigenvalue weighted by Crippen LogP contribution is 2.33. The van der Waals surface area contributed by atoms with Gasteiger partial charge >= 0.3 is 5.97 Å². The Morgan fingerprint density at radius 2 is 1.19 bits per heavy atom. The molecular formula is C30H32O7. The first kappa shape index (κ1) is 26.6. The maximum absolute atomic E-state index is 11.6. The first-order valence-electron chi connectivity index (χ1n) is 12.2.